The predicted octanol–water partition coefficient (Wildman–Crippen LogP) is 2.68. The van der Waals surface area contributed by atoms with E-state index in [1.807, 2.05) is 37.3 Å². The topological polar surface area (TPSA) is 29.3 Å². The van der Waals surface area contributed by atoms with E-state index < -0.39 is 0 Å². The van der Waals surface area contributed by atoms with Crippen LogP contribution in [0.25, 0.3) is 0 Å². The summed E-state index contributed by atoms with van der Waals surface area (Å²) in [6, 6.07) is 9.93. The van der Waals surface area contributed by atoms with E-state index in [9.17, 15) is 0 Å². The van der Waals surface area contributed by atoms with Crippen LogP contribution in [0.2, 0.25) is 0 Å². The van der Waals surface area contributed by atoms with E-state index in [0.717, 1.165) is 11.4 Å². The maximum atomic E-state index is 5.91. The number of allylic oxidation sites excluding steroid dienone is 2. The zero-order valence-electron chi connectivity index (χ0n) is 8.41. The van der Waals surface area contributed by atoms with Crippen LogP contribution in [-0.2, 0) is 0 Å². The molecule has 0 unspecified atom stereocenters. The minimum absolute atomic E-state index is 1.02. The Labute approximate surface area is 79.6 Å². The Morgan fingerprint density at radius 1 is 1.08 bits per heavy atom. The molecule has 0 saturated carbocycles. The third-order valence-electron chi connectivity index (χ3n) is 2.12. The highest BCUT2D eigenvalue weighted by Gasteiger charge is 2.02. The Balaban J connectivity index is 2.93. The lowest BCUT2D eigenvalue weighted by atomic mass is 10.2. The summed E-state index contributed by atoms with van der Waals surface area (Å²) >= 11 is 0. The van der Waals surface area contributed by atoms with Gasteiger partial charge in [-0.2, -0.15) is 0 Å². The summed E-state index contributed by atoms with van der Waals surface area (Å²) in [6.45, 7) is 6.12. The molecule has 0 fully saturated rings. The van der Waals surface area contributed by atoms with Gasteiger partial charge in [0.1, 0.15) is 0 Å². The maximum absolute atomic E-state index is 5.91. The largest absolute Gasteiger partial charge is 0.284 e. The van der Waals surface area contributed by atoms with E-state index >= 15 is 0 Å². The number of benzene rings is 1. The van der Waals surface area contributed by atoms with Gasteiger partial charge in [-0.05, 0) is 32.9 Å². The van der Waals surface area contributed by atoms with Crippen LogP contribution in [0.1, 0.15) is 20.8 Å². The van der Waals surface area contributed by atoms with Crippen molar-refractivity contribution in [1.82, 2.24) is 0 Å². The summed E-state index contributed by atoms with van der Waals surface area (Å²) in [5.41, 5.74) is 3.33. The van der Waals surface area contributed by atoms with Crippen LogP contribution in [0.4, 0.5) is 5.69 Å². The van der Waals surface area contributed by atoms with Crippen LogP contribution in [0.15, 0.2) is 41.6 Å². The average Bonchev–Trinajstić information content (AvgIpc) is 2.17. The Morgan fingerprint density at radius 2 is 1.62 bits per heavy atom. The van der Waals surface area contributed by atoms with Gasteiger partial charge in [0.2, 0.25) is 0 Å². The van der Waals surface area contributed by atoms with Gasteiger partial charge < -0.3 is 0 Å². The van der Waals surface area contributed by atoms with Crippen LogP contribution in [0, 0.1) is 0 Å². The Kier molecular flexibility index (Phi) is 3.09. The highest BCUT2D eigenvalue weighted by molar-refractivity contribution is 5.50. The van der Waals surface area contributed by atoms with Gasteiger partial charge in [0.05, 0.1) is 5.69 Å². The van der Waals surface area contributed by atoms with Gasteiger partial charge in [-0.25, -0.2) is 5.84 Å². The van der Waals surface area contributed by atoms with E-state index in [-0.39, 0.29) is 0 Å². The van der Waals surface area contributed by atoms with Crippen molar-refractivity contribution in [1.29, 1.82) is 0 Å². The highest BCUT2D eigenvalue weighted by atomic mass is 15.4. The number of para-hydroxylation sites is 1. The molecule has 0 aliphatic heterocycles. The van der Waals surface area contributed by atoms with Gasteiger partial charge in [0.15, 0.2) is 0 Å². The van der Waals surface area contributed by atoms with Crippen LogP contribution in [0.3, 0.4) is 0 Å². The average molecular weight is 176 g/mol. The molecule has 0 heterocycles. The van der Waals surface area contributed by atoms with Crippen molar-refractivity contribution in [3.8, 4) is 0 Å². The van der Waals surface area contributed by atoms with Gasteiger partial charge in [0, 0.05) is 5.70 Å². The third-order valence-corrected chi connectivity index (χ3v) is 2.12. The van der Waals surface area contributed by atoms with Crippen molar-refractivity contribution in [3.63, 3.8) is 0 Å². The summed E-state index contributed by atoms with van der Waals surface area (Å²) in [7, 11) is 0. The standard InChI is InChI=1S/C11H16N2/c1-9(2)10(3)13(12)11-7-5-4-6-8-11/h4-8H,12H2,1-3H3. The normalized spacial score (nSPS) is 9.54. The van der Waals surface area contributed by atoms with Crippen LogP contribution >= 0.6 is 0 Å². The van der Waals surface area contributed by atoms with Crippen molar-refractivity contribution < 1.29 is 0 Å². The molecule has 0 spiro atoms. The van der Waals surface area contributed by atoms with Crippen molar-refractivity contribution in [3.05, 3.63) is 41.6 Å². The van der Waals surface area contributed by atoms with Crippen molar-refractivity contribution in [2.45, 2.75) is 20.8 Å². The number of hydrazine groups is 1. The first kappa shape index (κ1) is 9.81. The first-order valence-electron chi connectivity index (χ1n) is 4.37. The van der Waals surface area contributed by atoms with Gasteiger partial charge in [-0.15, -0.1) is 0 Å². The minimum Gasteiger partial charge on any atom is -0.284 e. The lowest BCUT2D eigenvalue weighted by molar-refractivity contribution is 0.968. The van der Waals surface area contributed by atoms with E-state index in [2.05, 4.69) is 13.8 Å². The molecule has 2 nitrogen and oxygen atoms in total. The molecule has 0 aliphatic carbocycles. The number of rotatable bonds is 2. The molecule has 1 rings (SSSR count). The second-order valence-electron chi connectivity index (χ2n) is 3.29. The molecule has 0 aliphatic rings. The number of nitrogens with two attached hydrogens (primary N) is 1. The van der Waals surface area contributed by atoms with E-state index in [0.29, 0.717) is 0 Å². The second-order valence-corrected chi connectivity index (χ2v) is 3.29. The second kappa shape index (κ2) is 4.10. The molecule has 0 amide bonds. The zero-order valence-corrected chi connectivity index (χ0v) is 8.41. The first-order valence-corrected chi connectivity index (χ1v) is 4.37. The fraction of sp³-hybridized carbons (Fsp3) is 0.273. The molecule has 70 valence electrons. The van der Waals surface area contributed by atoms with Crippen LogP contribution in [0.5, 0.6) is 0 Å². The SMILES string of the molecule is CC(C)=C(C)N(N)c1ccccc1. The van der Waals surface area contributed by atoms with E-state index in [4.69, 9.17) is 5.84 Å². The molecule has 2 N–H and O–H groups in total. The Bertz CT molecular complexity index is 297. The summed E-state index contributed by atoms with van der Waals surface area (Å²) in [5, 5.41) is 1.70. The van der Waals surface area contributed by atoms with Crippen molar-refractivity contribution >= 4 is 5.69 Å². The molecule has 1 aromatic rings. The molecule has 0 aromatic heterocycles. The van der Waals surface area contributed by atoms with Gasteiger partial charge in [0.25, 0.3) is 0 Å². The highest BCUT2D eigenvalue weighted by Crippen LogP contribution is 2.16. The maximum Gasteiger partial charge on any atom is 0.0571 e. The number of nitrogens with zero attached hydrogens (tertiary/aromatic N) is 1. The zero-order chi connectivity index (χ0) is 9.84. The molecule has 1 aromatic carbocycles. The molecule has 0 saturated heterocycles. The first-order chi connectivity index (χ1) is 6.13. The predicted molar refractivity (Wildman–Crippen MR) is 57.2 cm³/mol. The quantitative estimate of drug-likeness (QED) is 0.554. The molecular weight excluding hydrogens is 160 g/mol. The van der Waals surface area contributed by atoms with Crippen molar-refractivity contribution in [2.24, 2.45) is 5.84 Å². The Morgan fingerprint density at radius 3 is 2.08 bits per heavy atom. The fourth-order valence-corrected chi connectivity index (χ4v) is 1.02. The minimum atomic E-state index is 1.02. The van der Waals surface area contributed by atoms with Crippen LogP contribution in [-0.4, -0.2) is 0 Å². The number of anilines is 1. The summed E-state index contributed by atoms with van der Waals surface area (Å²) in [4.78, 5) is 0. The number of hydrogen-bond donors (Lipinski definition) is 1. The summed E-state index contributed by atoms with van der Waals surface area (Å²) < 4.78 is 0. The molecule has 2 heteroatoms. The van der Waals surface area contributed by atoms with Gasteiger partial charge in [-0.1, -0.05) is 23.8 Å². The molecular formula is C11H16N2. The third kappa shape index (κ3) is 2.33. The van der Waals surface area contributed by atoms with Crippen molar-refractivity contribution in [2.75, 3.05) is 5.01 Å². The summed E-state index contributed by atoms with van der Waals surface area (Å²) in [5.74, 6) is 5.91. The van der Waals surface area contributed by atoms with E-state index in [1.54, 1.807) is 5.01 Å². The summed E-state index contributed by atoms with van der Waals surface area (Å²) in [6.07, 6.45) is 0. The molecule has 0 atom stereocenters. The van der Waals surface area contributed by atoms with E-state index in [1.165, 1.54) is 5.57 Å². The fourth-order valence-electron chi connectivity index (χ4n) is 1.02. The van der Waals surface area contributed by atoms with Gasteiger partial charge in [-0.3, -0.25) is 5.01 Å². The molecule has 0 bridgehead atoms. The lowest BCUT2D eigenvalue weighted by Gasteiger charge is -2.20. The monoisotopic (exact) mass is 176 g/mol. The molecule has 0 radical (unpaired) electrons. The van der Waals surface area contributed by atoms with Gasteiger partial charge >= 0.3 is 0 Å². The lowest BCUT2D eigenvalue weighted by Crippen LogP contribution is -2.29. The van der Waals surface area contributed by atoms with Crippen LogP contribution < -0.4 is 10.9 Å². The smallest absolute Gasteiger partial charge is 0.0571 e. The number of hydrogen-bond acceptors (Lipinski definition) is 2. The molecule has 13 heavy (non-hydrogen) atoms. The Hall–Kier alpha value is -1.28.